The van der Waals surface area contributed by atoms with Gasteiger partial charge in [-0.1, -0.05) is 30.3 Å². The fourth-order valence-corrected chi connectivity index (χ4v) is 3.01. The second kappa shape index (κ2) is 4.99. The Morgan fingerprint density at radius 1 is 1.08 bits per heavy atom. The van der Waals surface area contributed by atoms with Crippen molar-refractivity contribution in [2.24, 2.45) is 0 Å². The second-order valence-electron chi connectivity index (χ2n) is 6.40. The summed E-state index contributed by atoms with van der Waals surface area (Å²) in [4.78, 5) is 12.1. The van der Waals surface area contributed by atoms with E-state index in [0.29, 0.717) is 27.8 Å². The molecule has 4 rings (SSSR count). The van der Waals surface area contributed by atoms with Crippen molar-refractivity contribution in [1.29, 1.82) is 0 Å². The van der Waals surface area contributed by atoms with E-state index in [2.05, 4.69) is 0 Å². The third kappa shape index (κ3) is 2.27. The zero-order valence-electron chi connectivity index (χ0n) is 13.4. The zero-order valence-corrected chi connectivity index (χ0v) is 13.4. The van der Waals surface area contributed by atoms with Gasteiger partial charge >= 0.3 is 5.63 Å². The Kier molecular flexibility index (Phi) is 3.03. The van der Waals surface area contributed by atoms with Crippen molar-refractivity contribution in [3.05, 3.63) is 64.5 Å². The first-order chi connectivity index (χ1) is 11.4. The number of ether oxygens (including phenoxy) is 1. The van der Waals surface area contributed by atoms with Crippen molar-refractivity contribution in [2.75, 3.05) is 0 Å². The highest BCUT2D eigenvalue weighted by Crippen LogP contribution is 2.43. The molecule has 0 radical (unpaired) electrons. The largest absolute Gasteiger partial charge is 0.507 e. The van der Waals surface area contributed by atoms with Crippen LogP contribution in [0.3, 0.4) is 0 Å². The molecule has 0 amide bonds. The van der Waals surface area contributed by atoms with E-state index >= 15 is 0 Å². The maximum absolute atomic E-state index is 12.1. The first-order valence-electron chi connectivity index (χ1n) is 7.72. The molecule has 0 spiro atoms. The summed E-state index contributed by atoms with van der Waals surface area (Å²) in [5.74, 6) is 0.526. The Labute approximate surface area is 138 Å². The monoisotopic (exact) mass is 320 g/mol. The maximum Gasteiger partial charge on any atom is 0.336 e. The van der Waals surface area contributed by atoms with E-state index in [4.69, 9.17) is 9.15 Å². The number of hydrogen-bond donors (Lipinski definition) is 1. The van der Waals surface area contributed by atoms with Crippen molar-refractivity contribution in [3.8, 4) is 22.6 Å². The van der Waals surface area contributed by atoms with Crippen LogP contribution in [0.1, 0.15) is 19.4 Å². The van der Waals surface area contributed by atoms with Crippen LogP contribution < -0.4 is 10.4 Å². The van der Waals surface area contributed by atoms with Gasteiger partial charge in [0.2, 0.25) is 0 Å². The Morgan fingerprint density at radius 3 is 2.58 bits per heavy atom. The Hall–Kier alpha value is -3.01. The Bertz CT molecular complexity index is 1030. The molecule has 1 aromatic heterocycles. The van der Waals surface area contributed by atoms with E-state index in [1.807, 2.05) is 56.3 Å². The molecule has 0 saturated heterocycles. The number of benzene rings is 2. The fraction of sp³-hybridized carbons (Fsp3) is 0.150. The van der Waals surface area contributed by atoms with Crippen molar-refractivity contribution in [3.63, 3.8) is 0 Å². The number of fused-ring (bicyclic) bond motifs is 3. The van der Waals surface area contributed by atoms with Gasteiger partial charge in [0.05, 0.1) is 10.9 Å². The van der Waals surface area contributed by atoms with Gasteiger partial charge in [-0.2, -0.15) is 0 Å². The van der Waals surface area contributed by atoms with Gasteiger partial charge in [-0.15, -0.1) is 0 Å². The molecule has 1 N–H and O–H groups in total. The Morgan fingerprint density at radius 2 is 1.83 bits per heavy atom. The van der Waals surface area contributed by atoms with E-state index in [1.54, 1.807) is 6.07 Å². The van der Waals surface area contributed by atoms with Crippen LogP contribution in [0.15, 0.2) is 57.8 Å². The number of hydrogen-bond acceptors (Lipinski definition) is 4. The second-order valence-corrected chi connectivity index (χ2v) is 6.40. The van der Waals surface area contributed by atoms with E-state index < -0.39 is 11.2 Å². The Balaban J connectivity index is 2.10. The molecule has 1 aliphatic rings. The maximum atomic E-state index is 12.1. The van der Waals surface area contributed by atoms with Crippen molar-refractivity contribution in [2.45, 2.75) is 19.4 Å². The van der Waals surface area contributed by atoms with Crippen LogP contribution in [-0.2, 0) is 0 Å². The fourth-order valence-electron chi connectivity index (χ4n) is 3.01. The number of aromatic hydroxyl groups is 1. The van der Waals surface area contributed by atoms with Gasteiger partial charge in [-0.05, 0) is 31.6 Å². The van der Waals surface area contributed by atoms with Crippen LogP contribution >= 0.6 is 0 Å². The summed E-state index contributed by atoms with van der Waals surface area (Å²) in [7, 11) is 0. The molecule has 2 heterocycles. The average molecular weight is 320 g/mol. The molecule has 1 aliphatic heterocycles. The minimum absolute atomic E-state index is 0.0254. The normalized spacial score (nSPS) is 15.1. The summed E-state index contributed by atoms with van der Waals surface area (Å²) in [5.41, 5.74) is 1.53. The molecule has 0 aliphatic carbocycles. The summed E-state index contributed by atoms with van der Waals surface area (Å²) in [5, 5.41) is 11.1. The molecule has 3 aromatic rings. The SMILES string of the molecule is CC1(C)C=Cc2c(cc(O)c3c(-c4ccccc4)cc(=O)oc23)O1. The molecule has 0 saturated carbocycles. The van der Waals surface area contributed by atoms with Gasteiger partial charge in [0.1, 0.15) is 17.1 Å². The van der Waals surface area contributed by atoms with Crippen LogP contribution in [0.4, 0.5) is 0 Å². The van der Waals surface area contributed by atoms with Gasteiger partial charge in [0.15, 0.2) is 5.58 Å². The standard InChI is InChI=1S/C20H16O4/c1-20(2)9-8-13-16(24-20)11-15(21)18-14(10-17(22)23-19(13)18)12-6-4-3-5-7-12/h3-11,21H,1-2H3. The van der Waals surface area contributed by atoms with E-state index in [9.17, 15) is 9.90 Å². The van der Waals surface area contributed by atoms with Crippen molar-refractivity contribution in [1.82, 2.24) is 0 Å². The molecule has 24 heavy (non-hydrogen) atoms. The highest BCUT2D eigenvalue weighted by molar-refractivity contribution is 6.02. The number of rotatable bonds is 1. The average Bonchev–Trinajstić information content (AvgIpc) is 2.53. The third-order valence-corrected chi connectivity index (χ3v) is 4.10. The summed E-state index contributed by atoms with van der Waals surface area (Å²) < 4.78 is 11.3. The van der Waals surface area contributed by atoms with E-state index in [-0.39, 0.29) is 5.75 Å². The molecule has 2 aromatic carbocycles. The molecular formula is C20H16O4. The minimum Gasteiger partial charge on any atom is -0.507 e. The molecule has 0 fully saturated rings. The zero-order chi connectivity index (χ0) is 16.9. The van der Waals surface area contributed by atoms with Gasteiger partial charge < -0.3 is 14.3 Å². The van der Waals surface area contributed by atoms with Crippen molar-refractivity contribution < 1.29 is 14.3 Å². The molecule has 4 heteroatoms. The summed E-state index contributed by atoms with van der Waals surface area (Å²) in [6.45, 7) is 3.84. The molecule has 4 nitrogen and oxygen atoms in total. The lowest BCUT2D eigenvalue weighted by molar-refractivity contribution is 0.158. The first kappa shape index (κ1) is 14.6. The van der Waals surface area contributed by atoms with Crippen LogP contribution in [-0.4, -0.2) is 10.7 Å². The van der Waals surface area contributed by atoms with Gasteiger partial charge in [0, 0.05) is 17.7 Å². The number of phenols is 1. The summed E-state index contributed by atoms with van der Waals surface area (Å²) in [6.07, 6.45) is 3.78. The highest BCUT2D eigenvalue weighted by Gasteiger charge is 2.26. The van der Waals surface area contributed by atoms with Crippen LogP contribution in [0.25, 0.3) is 28.2 Å². The van der Waals surface area contributed by atoms with Gasteiger partial charge in [0.25, 0.3) is 0 Å². The lowest BCUT2D eigenvalue weighted by Crippen LogP contribution is -2.27. The minimum atomic E-state index is -0.482. The smallest absolute Gasteiger partial charge is 0.336 e. The van der Waals surface area contributed by atoms with Crippen LogP contribution in [0.5, 0.6) is 11.5 Å². The summed E-state index contributed by atoms with van der Waals surface area (Å²) >= 11 is 0. The lowest BCUT2D eigenvalue weighted by Gasteiger charge is -2.28. The predicted octanol–water partition coefficient (Wildman–Crippen LogP) is 4.35. The van der Waals surface area contributed by atoms with Crippen LogP contribution in [0, 0.1) is 0 Å². The third-order valence-electron chi connectivity index (χ3n) is 4.10. The quantitative estimate of drug-likeness (QED) is 0.677. The molecule has 0 atom stereocenters. The number of phenolic OH excluding ortho intramolecular Hbond substituents is 1. The predicted molar refractivity (Wildman–Crippen MR) is 93.3 cm³/mol. The highest BCUT2D eigenvalue weighted by atomic mass is 16.5. The molecule has 0 bridgehead atoms. The van der Waals surface area contributed by atoms with Crippen molar-refractivity contribution >= 4 is 17.0 Å². The van der Waals surface area contributed by atoms with Gasteiger partial charge in [-0.25, -0.2) is 4.79 Å². The molecular weight excluding hydrogens is 304 g/mol. The first-order valence-corrected chi connectivity index (χ1v) is 7.72. The van der Waals surface area contributed by atoms with E-state index in [1.165, 1.54) is 6.07 Å². The molecule has 0 unspecified atom stereocenters. The topological polar surface area (TPSA) is 59.7 Å². The lowest BCUT2D eigenvalue weighted by atomic mass is 9.96. The van der Waals surface area contributed by atoms with Gasteiger partial charge in [-0.3, -0.25) is 0 Å². The van der Waals surface area contributed by atoms with E-state index in [0.717, 1.165) is 5.56 Å². The molecule has 120 valence electrons. The summed E-state index contributed by atoms with van der Waals surface area (Å²) in [6, 6.07) is 12.4. The van der Waals surface area contributed by atoms with Crippen LogP contribution in [0.2, 0.25) is 0 Å².